The summed E-state index contributed by atoms with van der Waals surface area (Å²) in [6.45, 7) is 3.56. The van der Waals surface area contributed by atoms with Crippen LogP contribution in [0.3, 0.4) is 0 Å². The third-order valence-corrected chi connectivity index (χ3v) is 3.61. The molecule has 0 radical (unpaired) electrons. The van der Waals surface area contributed by atoms with Crippen LogP contribution in [0.25, 0.3) is 0 Å². The summed E-state index contributed by atoms with van der Waals surface area (Å²) >= 11 is 0. The van der Waals surface area contributed by atoms with Crippen molar-refractivity contribution in [1.29, 1.82) is 0 Å². The zero-order valence-electron chi connectivity index (χ0n) is 12.0. The Labute approximate surface area is 120 Å². The fourth-order valence-corrected chi connectivity index (χ4v) is 2.44. The number of hydrogen-bond donors (Lipinski definition) is 2. The summed E-state index contributed by atoms with van der Waals surface area (Å²) in [5, 5.41) is 3.30. The molecule has 0 saturated carbocycles. The SMILES string of the molecule is COc1ccc(CCC(=O)N2CCCNCC2)cc1N. The molecule has 0 aromatic heterocycles. The van der Waals surface area contributed by atoms with Crippen molar-refractivity contribution in [3.05, 3.63) is 23.8 Å². The topological polar surface area (TPSA) is 67.6 Å². The first-order valence-corrected chi connectivity index (χ1v) is 7.11. The smallest absolute Gasteiger partial charge is 0.222 e. The van der Waals surface area contributed by atoms with Gasteiger partial charge in [0, 0.05) is 26.1 Å². The zero-order chi connectivity index (χ0) is 14.4. The number of ether oxygens (including phenoxy) is 1. The van der Waals surface area contributed by atoms with Gasteiger partial charge in [0.1, 0.15) is 5.75 Å². The summed E-state index contributed by atoms with van der Waals surface area (Å²) in [5.41, 5.74) is 7.57. The van der Waals surface area contributed by atoms with E-state index in [1.54, 1.807) is 7.11 Å². The molecule has 5 heteroatoms. The van der Waals surface area contributed by atoms with Gasteiger partial charge in [-0.3, -0.25) is 4.79 Å². The molecule has 1 amide bonds. The normalized spacial score (nSPS) is 15.8. The van der Waals surface area contributed by atoms with Gasteiger partial charge in [0.05, 0.1) is 12.8 Å². The number of hydrogen-bond acceptors (Lipinski definition) is 4. The largest absolute Gasteiger partial charge is 0.495 e. The molecule has 1 aromatic rings. The van der Waals surface area contributed by atoms with E-state index in [0.29, 0.717) is 17.9 Å². The van der Waals surface area contributed by atoms with Crippen LogP contribution in [0.1, 0.15) is 18.4 Å². The lowest BCUT2D eigenvalue weighted by molar-refractivity contribution is -0.130. The second kappa shape index (κ2) is 7.14. The Morgan fingerprint density at radius 2 is 2.25 bits per heavy atom. The highest BCUT2D eigenvalue weighted by molar-refractivity contribution is 5.76. The van der Waals surface area contributed by atoms with E-state index in [9.17, 15) is 4.79 Å². The minimum absolute atomic E-state index is 0.225. The molecular weight excluding hydrogens is 254 g/mol. The van der Waals surface area contributed by atoms with E-state index < -0.39 is 0 Å². The van der Waals surface area contributed by atoms with Crippen molar-refractivity contribution in [2.24, 2.45) is 0 Å². The Kier molecular flexibility index (Phi) is 5.24. The molecule has 1 aliphatic rings. The highest BCUT2D eigenvalue weighted by Crippen LogP contribution is 2.22. The van der Waals surface area contributed by atoms with Gasteiger partial charge in [-0.2, -0.15) is 0 Å². The maximum atomic E-state index is 12.2. The van der Waals surface area contributed by atoms with Gasteiger partial charge in [-0.15, -0.1) is 0 Å². The molecule has 0 bridgehead atoms. The van der Waals surface area contributed by atoms with Gasteiger partial charge < -0.3 is 20.7 Å². The Morgan fingerprint density at radius 3 is 3.00 bits per heavy atom. The number of amides is 1. The molecule has 20 heavy (non-hydrogen) atoms. The summed E-state index contributed by atoms with van der Waals surface area (Å²) in [6.07, 6.45) is 2.28. The number of nitrogens with one attached hydrogen (secondary N) is 1. The lowest BCUT2D eigenvalue weighted by Gasteiger charge is -2.20. The number of nitrogens with two attached hydrogens (primary N) is 1. The molecule has 0 atom stereocenters. The van der Waals surface area contributed by atoms with Crippen LogP contribution in [0.2, 0.25) is 0 Å². The van der Waals surface area contributed by atoms with Crippen molar-refractivity contribution in [3.8, 4) is 5.75 Å². The second-order valence-electron chi connectivity index (χ2n) is 5.06. The fraction of sp³-hybridized carbons (Fsp3) is 0.533. The highest BCUT2D eigenvalue weighted by atomic mass is 16.5. The Morgan fingerprint density at radius 1 is 1.40 bits per heavy atom. The monoisotopic (exact) mass is 277 g/mol. The van der Waals surface area contributed by atoms with Crippen LogP contribution >= 0.6 is 0 Å². The standard InChI is InChI=1S/C15H23N3O2/c1-20-14-5-3-12(11-13(14)16)4-6-15(19)18-9-2-7-17-8-10-18/h3,5,11,17H,2,4,6-10,16H2,1H3. The van der Waals surface area contributed by atoms with Gasteiger partial charge >= 0.3 is 0 Å². The number of methoxy groups -OCH3 is 1. The molecule has 1 saturated heterocycles. The van der Waals surface area contributed by atoms with Gasteiger partial charge in [-0.05, 0) is 37.1 Å². The van der Waals surface area contributed by atoms with E-state index in [2.05, 4.69) is 5.32 Å². The number of carbonyl (C=O) groups is 1. The molecule has 1 fully saturated rings. The second-order valence-corrected chi connectivity index (χ2v) is 5.06. The van der Waals surface area contributed by atoms with Crippen LogP contribution in [0, 0.1) is 0 Å². The number of nitrogens with zero attached hydrogens (tertiary/aromatic N) is 1. The summed E-state index contributed by atoms with van der Waals surface area (Å²) in [4.78, 5) is 14.1. The molecule has 1 aliphatic heterocycles. The maximum Gasteiger partial charge on any atom is 0.222 e. The quantitative estimate of drug-likeness (QED) is 0.807. The molecular formula is C15H23N3O2. The third-order valence-electron chi connectivity index (χ3n) is 3.61. The number of rotatable bonds is 4. The van der Waals surface area contributed by atoms with Crippen LogP contribution < -0.4 is 15.8 Å². The number of anilines is 1. The first-order valence-electron chi connectivity index (χ1n) is 7.11. The Bertz CT molecular complexity index is 454. The number of nitrogen functional groups attached to an aromatic ring is 1. The summed E-state index contributed by atoms with van der Waals surface area (Å²) < 4.78 is 5.13. The predicted octanol–water partition coefficient (Wildman–Crippen LogP) is 1.03. The van der Waals surface area contributed by atoms with Gasteiger partial charge in [-0.1, -0.05) is 6.07 Å². The van der Waals surface area contributed by atoms with E-state index >= 15 is 0 Å². The molecule has 1 heterocycles. The number of aryl methyl sites for hydroxylation is 1. The van der Waals surface area contributed by atoms with Gasteiger partial charge in [-0.25, -0.2) is 0 Å². The first-order chi connectivity index (χ1) is 9.70. The van der Waals surface area contributed by atoms with Crippen molar-refractivity contribution < 1.29 is 9.53 Å². The van der Waals surface area contributed by atoms with Crippen LogP contribution in [-0.4, -0.2) is 44.1 Å². The van der Waals surface area contributed by atoms with E-state index in [1.165, 1.54) is 0 Å². The molecule has 0 aliphatic carbocycles. The average Bonchev–Trinajstić information content (AvgIpc) is 2.74. The fourth-order valence-electron chi connectivity index (χ4n) is 2.44. The lowest BCUT2D eigenvalue weighted by atomic mass is 10.1. The van der Waals surface area contributed by atoms with Crippen LogP contribution in [-0.2, 0) is 11.2 Å². The van der Waals surface area contributed by atoms with Crippen LogP contribution in [0.4, 0.5) is 5.69 Å². The van der Waals surface area contributed by atoms with Crippen LogP contribution in [0.15, 0.2) is 18.2 Å². The molecule has 0 unspecified atom stereocenters. The average molecular weight is 277 g/mol. The molecule has 0 spiro atoms. The van der Waals surface area contributed by atoms with Crippen molar-refractivity contribution in [1.82, 2.24) is 10.2 Å². The molecule has 1 aromatic carbocycles. The summed E-state index contributed by atoms with van der Waals surface area (Å²) in [5.74, 6) is 0.904. The third kappa shape index (κ3) is 3.87. The van der Waals surface area contributed by atoms with Gasteiger partial charge in [0.15, 0.2) is 0 Å². The van der Waals surface area contributed by atoms with E-state index in [1.807, 2.05) is 23.1 Å². The molecule has 3 N–H and O–H groups in total. The Hall–Kier alpha value is -1.75. The van der Waals surface area contributed by atoms with E-state index in [0.717, 1.165) is 44.6 Å². The number of carbonyl (C=O) groups excluding carboxylic acids is 1. The molecule has 5 nitrogen and oxygen atoms in total. The van der Waals surface area contributed by atoms with Crippen LogP contribution in [0.5, 0.6) is 5.75 Å². The predicted molar refractivity (Wildman–Crippen MR) is 79.8 cm³/mol. The van der Waals surface area contributed by atoms with E-state index in [-0.39, 0.29) is 5.91 Å². The zero-order valence-corrected chi connectivity index (χ0v) is 12.0. The minimum atomic E-state index is 0.225. The van der Waals surface area contributed by atoms with Gasteiger partial charge in [0.25, 0.3) is 0 Å². The van der Waals surface area contributed by atoms with Crippen molar-refractivity contribution in [2.75, 3.05) is 39.0 Å². The summed E-state index contributed by atoms with van der Waals surface area (Å²) in [6, 6.07) is 5.70. The first kappa shape index (κ1) is 14.7. The van der Waals surface area contributed by atoms with Crippen molar-refractivity contribution >= 4 is 11.6 Å². The number of benzene rings is 1. The van der Waals surface area contributed by atoms with E-state index in [4.69, 9.17) is 10.5 Å². The minimum Gasteiger partial charge on any atom is -0.495 e. The summed E-state index contributed by atoms with van der Waals surface area (Å²) in [7, 11) is 1.60. The van der Waals surface area contributed by atoms with Crippen molar-refractivity contribution in [2.45, 2.75) is 19.3 Å². The molecule has 110 valence electrons. The van der Waals surface area contributed by atoms with Gasteiger partial charge in [0.2, 0.25) is 5.91 Å². The lowest BCUT2D eigenvalue weighted by Crippen LogP contribution is -2.34. The highest BCUT2D eigenvalue weighted by Gasteiger charge is 2.15. The molecule has 2 rings (SSSR count). The Balaban J connectivity index is 1.87. The van der Waals surface area contributed by atoms with Crippen molar-refractivity contribution in [3.63, 3.8) is 0 Å². The maximum absolute atomic E-state index is 12.2.